The van der Waals surface area contributed by atoms with Gasteiger partial charge in [0.1, 0.15) is 0 Å². The number of terminal acetylenes is 1. The second kappa shape index (κ2) is 12.5. The summed E-state index contributed by atoms with van der Waals surface area (Å²) in [5, 5.41) is 0. The lowest BCUT2D eigenvalue weighted by atomic mass is 9.79. The minimum absolute atomic E-state index is 0.0132. The predicted octanol–water partition coefficient (Wildman–Crippen LogP) is 5.71. The quantitative estimate of drug-likeness (QED) is 0.222. The number of hydrogen-bond donors (Lipinski definition) is 0. The average molecular weight is 479 g/mol. The Morgan fingerprint density at radius 3 is 2.20 bits per heavy atom. The van der Waals surface area contributed by atoms with Gasteiger partial charge in [0, 0.05) is 19.4 Å². The molecule has 0 amide bonds. The molecule has 5 heteroatoms. The molecule has 0 saturated carbocycles. The molecule has 2 aromatic carbocycles. The van der Waals surface area contributed by atoms with Gasteiger partial charge in [0.2, 0.25) is 5.78 Å². The Labute approximate surface area is 210 Å². The standard InChI is InChI=1S/C30H38O5/c1-6-27(31)29(2,3)28(33-22-24-15-11-8-12-16-24)20-26-19-25(34-30(4,5)35-26)17-18-32-21-23-13-9-7-10-14-23/h1,7-16,25-26,28H,17-22H2,2-5H3/t25-,26+,28-/m0/s1. The van der Waals surface area contributed by atoms with E-state index in [9.17, 15) is 4.79 Å². The first-order valence-electron chi connectivity index (χ1n) is 12.3. The largest absolute Gasteiger partial charge is 0.377 e. The summed E-state index contributed by atoms with van der Waals surface area (Å²) in [6, 6.07) is 20.1. The Bertz CT molecular complexity index is 961. The highest BCUT2D eigenvalue weighted by Crippen LogP contribution is 2.35. The van der Waals surface area contributed by atoms with E-state index in [-0.39, 0.29) is 18.0 Å². The van der Waals surface area contributed by atoms with Gasteiger partial charge in [-0.2, -0.15) is 0 Å². The van der Waals surface area contributed by atoms with Crippen molar-refractivity contribution in [1.82, 2.24) is 0 Å². The van der Waals surface area contributed by atoms with E-state index in [1.165, 1.54) is 0 Å². The Kier molecular flexibility index (Phi) is 9.65. The lowest BCUT2D eigenvalue weighted by molar-refractivity contribution is -0.306. The minimum atomic E-state index is -0.844. The van der Waals surface area contributed by atoms with Crippen LogP contribution in [0.2, 0.25) is 0 Å². The third-order valence-corrected chi connectivity index (χ3v) is 6.41. The fourth-order valence-corrected chi connectivity index (χ4v) is 4.43. The zero-order valence-electron chi connectivity index (χ0n) is 21.4. The number of benzene rings is 2. The van der Waals surface area contributed by atoms with Gasteiger partial charge >= 0.3 is 0 Å². The fourth-order valence-electron chi connectivity index (χ4n) is 4.43. The van der Waals surface area contributed by atoms with Gasteiger partial charge in [0.25, 0.3) is 0 Å². The molecule has 0 unspecified atom stereocenters. The molecule has 0 aliphatic carbocycles. The van der Waals surface area contributed by atoms with Gasteiger partial charge in [-0.1, -0.05) is 60.7 Å². The molecule has 3 atom stereocenters. The van der Waals surface area contributed by atoms with Crippen LogP contribution in [0.4, 0.5) is 0 Å². The third-order valence-electron chi connectivity index (χ3n) is 6.41. The Morgan fingerprint density at radius 1 is 1.03 bits per heavy atom. The predicted molar refractivity (Wildman–Crippen MR) is 136 cm³/mol. The molecule has 2 aromatic rings. The summed E-state index contributed by atoms with van der Waals surface area (Å²) in [5.41, 5.74) is 1.35. The lowest BCUT2D eigenvalue weighted by Crippen LogP contribution is -2.48. The summed E-state index contributed by atoms with van der Waals surface area (Å²) in [7, 11) is 0. The molecule has 35 heavy (non-hydrogen) atoms. The summed E-state index contributed by atoms with van der Waals surface area (Å²) < 4.78 is 24.6. The van der Waals surface area contributed by atoms with Gasteiger partial charge < -0.3 is 18.9 Å². The number of ketones is 1. The first-order valence-corrected chi connectivity index (χ1v) is 12.3. The Hall–Kier alpha value is -2.49. The summed E-state index contributed by atoms with van der Waals surface area (Å²) in [6.45, 7) is 9.12. The zero-order valence-corrected chi connectivity index (χ0v) is 21.4. The molecule has 188 valence electrons. The van der Waals surface area contributed by atoms with Gasteiger partial charge in [-0.15, -0.1) is 6.42 Å². The zero-order chi connectivity index (χ0) is 25.3. The molecule has 1 fully saturated rings. The highest BCUT2D eigenvalue weighted by atomic mass is 16.7. The van der Waals surface area contributed by atoms with E-state index in [0.29, 0.717) is 32.7 Å². The molecule has 1 saturated heterocycles. The van der Waals surface area contributed by atoms with Crippen molar-refractivity contribution in [3.63, 3.8) is 0 Å². The average Bonchev–Trinajstić information content (AvgIpc) is 2.84. The summed E-state index contributed by atoms with van der Waals surface area (Å²) in [6.07, 6.45) is 6.94. The van der Waals surface area contributed by atoms with Crippen molar-refractivity contribution in [2.45, 2.75) is 84.3 Å². The monoisotopic (exact) mass is 478 g/mol. The second-order valence-corrected chi connectivity index (χ2v) is 10.2. The van der Waals surface area contributed by atoms with Crippen molar-refractivity contribution >= 4 is 5.78 Å². The van der Waals surface area contributed by atoms with Crippen molar-refractivity contribution in [2.75, 3.05) is 6.61 Å². The van der Waals surface area contributed by atoms with Gasteiger partial charge in [-0.25, -0.2) is 0 Å². The fraction of sp³-hybridized carbons (Fsp3) is 0.500. The van der Waals surface area contributed by atoms with Crippen LogP contribution >= 0.6 is 0 Å². The van der Waals surface area contributed by atoms with E-state index >= 15 is 0 Å². The highest BCUT2D eigenvalue weighted by Gasteiger charge is 2.42. The second-order valence-electron chi connectivity index (χ2n) is 10.2. The van der Waals surface area contributed by atoms with Crippen LogP contribution in [0.25, 0.3) is 0 Å². The molecule has 0 N–H and O–H groups in total. The molecule has 5 nitrogen and oxygen atoms in total. The van der Waals surface area contributed by atoms with Crippen LogP contribution in [0.5, 0.6) is 0 Å². The van der Waals surface area contributed by atoms with Gasteiger partial charge in [-0.05, 0) is 51.2 Å². The topological polar surface area (TPSA) is 54.0 Å². The van der Waals surface area contributed by atoms with E-state index in [4.69, 9.17) is 25.4 Å². The molecule has 0 radical (unpaired) electrons. The van der Waals surface area contributed by atoms with Crippen molar-refractivity contribution < 1.29 is 23.7 Å². The normalized spacial score (nSPS) is 20.7. The molecule has 0 spiro atoms. The molecule has 0 bridgehead atoms. The maximum Gasteiger partial charge on any atom is 0.213 e. The SMILES string of the molecule is C#CC(=O)C(C)(C)[C@H](C[C@H]1C[C@H](CCOCc2ccccc2)OC(C)(C)O1)OCc1ccccc1. The molecule has 1 heterocycles. The van der Waals surface area contributed by atoms with Crippen molar-refractivity contribution in [1.29, 1.82) is 0 Å². The summed E-state index contributed by atoms with van der Waals surface area (Å²) in [5.74, 6) is 1.28. The van der Waals surface area contributed by atoms with Gasteiger partial charge in [0.05, 0.1) is 36.9 Å². The van der Waals surface area contributed by atoms with E-state index in [2.05, 4.69) is 18.1 Å². The van der Waals surface area contributed by atoms with E-state index < -0.39 is 17.3 Å². The lowest BCUT2D eigenvalue weighted by Gasteiger charge is -2.43. The van der Waals surface area contributed by atoms with E-state index in [1.54, 1.807) is 0 Å². The smallest absolute Gasteiger partial charge is 0.213 e. The van der Waals surface area contributed by atoms with Crippen LogP contribution < -0.4 is 0 Å². The Balaban J connectivity index is 1.62. The summed E-state index contributed by atoms with van der Waals surface area (Å²) >= 11 is 0. The van der Waals surface area contributed by atoms with Crippen LogP contribution in [0.1, 0.15) is 58.1 Å². The van der Waals surface area contributed by atoms with Crippen molar-refractivity contribution in [3.8, 4) is 12.3 Å². The molecule has 1 aliphatic heterocycles. The highest BCUT2D eigenvalue weighted by molar-refractivity contribution is 5.99. The number of rotatable bonds is 12. The number of ether oxygens (including phenoxy) is 4. The number of Topliss-reactive ketones (excluding diaryl/α,β-unsaturated/α-hetero) is 1. The molecule has 3 rings (SSSR count). The first kappa shape index (κ1) is 27.1. The Morgan fingerprint density at radius 2 is 1.60 bits per heavy atom. The van der Waals surface area contributed by atoms with Gasteiger partial charge in [0.15, 0.2) is 5.79 Å². The van der Waals surface area contributed by atoms with Crippen LogP contribution in [-0.2, 0) is 37.0 Å². The number of carbonyl (C=O) groups is 1. The van der Waals surface area contributed by atoms with Crippen molar-refractivity contribution in [2.24, 2.45) is 5.41 Å². The summed E-state index contributed by atoms with van der Waals surface area (Å²) in [4.78, 5) is 12.6. The number of hydrogen-bond acceptors (Lipinski definition) is 5. The van der Waals surface area contributed by atoms with Gasteiger partial charge in [-0.3, -0.25) is 4.79 Å². The maximum absolute atomic E-state index is 12.6. The molecular formula is C30H38O5. The van der Waals surface area contributed by atoms with Crippen LogP contribution in [0, 0.1) is 17.8 Å². The first-order chi connectivity index (χ1) is 16.7. The van der Waals surface area contributed by atoms with E-state index in [0.717, 1.165) is 17.5 Å². The van der Waals surface area contributed by atoms with E-state index in [1.807, 2.05) is 76.2 Å². The molecular weight excluding hydrogens is 440 g/mol. The minimum Gasteiger partial charge on any atom is -0.377 e. The number of carbonyl (C=O) groups excluding carboxylic acids is 1. The maximum atomic E-state index is 12.6. The van der Waals surface area contributed by atoms with Crippen molar-refractivity contribution in [3.05, 3.63) is 71.8 Å². The van der Waals surface area contributed by atoms with Crippen LogP contribution in [0.15, 0.2) is 60.7 Å². The van der Waals surface area contributed by atoms with Crippen LogP contribution in [0.3, 0.4) is 0 Å². The molecule has 0 aromatic heterocycles. The van der Waals surface area contributed by atoms with Crippen LogP contribution in [-0.4, -0.2) is 36.5 Å². The third kappa shape index (κ3) is 8.30. The molecule has 1 aliphatic rings.